The third-order valence-electron chi connectivity index (χ3n) is 3.89. The Balaban J connectivity index is 0.00000242. The fourth-order valence-corrected chi connectivity index (χ4v) is 4.24. The topological polar surface area (TPSA) is 107 Å². The molecule has 0 bridgehead atoms. The summed E-state index contributed by atoms with van der Waals surface area (Å²) >= 11 is 0. The summed E-state index contributed by atoms with van der Waals surface area (Å²) in [4.78, 5) is 10.3. The van der Waals surface area contributed by atoms with E-state index in [0.717, 1.165) is 12.8 Å². The number of nitrogens with zero attached hydrogens (tertiary/aromatic N) is 2. The monoisotopic (exact) mass is 349 g/mol. The molecule has 1 aliphatic heterocycles. The second-order valence-electron chi connectivity index (χ2n) is 5.29. The van der Waals surface area contributed by atoms with Crippen LogP contribution in [0.1, 0.15) is 18.4 Å². The van der Waals surface area contributed by atoms with E-state index in [9.17, 15) is 18.5 Å². The van der Waals surface area contributed by atoms with Crippen LogP contribution in [-0.2, 0) is 10.0 Å². The lowest BCUT2D eigenvalue weighted by Crippen LogP contribution is -2.40. The van der Waals surface area contributed by atoms with Crippen molar-refractivity contribution in [3.63, 3.8) is 0 Å². The molecule has 2 N–H and O–H groups in total. The van der Waals surface area contributed by atoms with Crippen LogP contribution >= 0.6 is 12.4 Å². The molecule has 0 aromatic heterocycles. The average Bonchev–Trinajstić information content (AvgIpc) is 2.46. The number of rotatable bonds is 4. The molecule has 0 spiro atoms. The minimum Gasteiger partial charge on any atom is -0.330 e. The van der Waals surface area contributed by atoms with Crippen molar-refractivity contribution in [2.75, 3.05) is 19.6 Å². The van der Waals surface area contributed by atoms with Gasteiger partial charge in [0.05, 0.1) is 9.82 Å². The van der Waals surface area contributed by atoms with E-state index in [4.69, 9.17) is 5.73 Å². The summed E-state index contributed by atoms with van der Waals surface area (Å²) in [5.74, 6) is 0.370. The number of piperidine rings is 1. The summed E-state index contributed by atoms with van der Waals surface area (Å²) in [6.07, 6.45) is 1.50. The van der Waals surface area contributed by atoms with Gasteiger partial charge in [0, 0.05) is 25.2 Å². The number of nitro groups is 1. The van der Waals surface area contributed by atoms with E-state index in [-0.39, 0.29) is 23.0 Å². The largest absolute Gasteiger partial charge is 0.330 e. The van der Waals surface area contributed by atoms with Crippen molar-refractivity contribution in [2.45, 2.75) is 24.7 Å². The van der Waals surface area contributed by atoms with Gasteiger partial charge in [-0.05, 0) is 43.9 Å². The van der Waals surface area contributed by atoms with Crippen molar-refractivity contribution in [3.05, 3.63) is 33.9 Å². The number of aryl methyl sites for hydroxylation is 1. The average molecular weight is 350 g/mol. The summed E-state index contributed by atoms with van der Waals surface area (Å²) in [6.45, 7) is 3.04. The summed E-state index contributed by atoms with van der Waals surface area (Å²) in [6, 6.07) is 3.84. The number of sulfonamides is 1. The van der Waals surface area contributed by atoms with Gasteiger partial charge in [0.15, 0.2) is 0 Å². The molecule has 0 atom stereocenters. The molecular weight excluding hydrogens is 330 g/mol. The van der Waals surface area contributed by atoms with Crippen molar-refractivity contribution in [1.82, 2.24) is 4.31 Å². The predicted octanol–water partition coefficient (Wildman–Crippen LogP) is 1.68. The number of benzene rings is 1. The minimum atomic E-state index is -3.60. The highest BCUT2D eigenvalue weighted by Crippen LogP contribution is 2.27. The van der Waals surface area contributed by atoms with Gasteiger partial charge in [-0.25, -0.2) is 8.42 Å². The third kappa shape index (κ3) is 3.75. The first-order valence-corrected chi connectivity index (χ1v) is 8.25. The van der Waals surface area contributed by atoms with Gasteiger partial charge in [-0.1, -0.05) is 0 Å². The van der Waals surface area contributed by atoms with Crippen molar-refractivity contribution < 1.29 is 13.3 Å². The first kappa shape index (κ1) is 18.8. The zero-order chi connectivity index (χ0) is 15.6. The van der Waals surface area contributed by atoms with E-state index in [1.54, 1.807) is 6.92 Å². The first-order chi connectivity index (χ1) is 9.86. The highest BCUT2D eigenvalue weighted by atomic mass is 35.5. The van der Waals surface area contributed by atoms with Crippen LogP contribution in [0.4, 0.5) is 5.69 Å². The molecular formula is C13H20ClN3O4S. The number of nitro benzene ring substituents is 1. The van der Waals surface area contributed by atoms with Crippen molar-refractivity contribution >= 4 is 28.1 Å². The van der Waals surface area contributed by atoms with E-state index < -0.39 is 14.9 Å². The molecule has 0 amide bonds. The van der Waals surface area contributed by atoms with Crippen LogP contribution in [0.5, 0.6) is 0 Å². The molecule has 1 aliphatic rings. The molecule has 22 heavy (non-hydrogen) atoms. The van der Waals surface area contributed by atoms with Crippen molar-refractivity contribution in [3.8, 4) is 0 Å². The van der Waals surface area contributed by atoms with Gasteiger partial charge in [-0.3, -0.25) is 10.1 Å². The maximum absolute atomic E-state index is 12.6. The Bertz CT molecular complexity index is 643. The number of hydrogen-bond donors (Lipinski definition) is 1. The predicted molar refractivity (Wildman–Crippen MR) is 85.6 cm³/mol. The van der Waals surface area contributed by atoms with E-state index in [2.05, 4.69) is 0 Å². The van der Waals surface area contributed by atoms with Gasteiger partial charge < -0.3 is 5.73 Å². The highest BCUT2D eigenvalue weighted by Gasteiger charge is 2.30. The van der Waals surface area contributed by atoms with Gasteiger partial charge in [-0.2, -0.15) is 4.31 Å². The third-order valence-corrected chi connectivity index (χ3v) is 5.95. The van der Waals surface area contributed by atoms with Crippen LogP contribution < -0.4 is 5.73 Å². The Morgan fingerprint density at radius 1 is 1.36 bits per heavy atom. The number of nitrogens with two attached hydrogens (primary N) is 1. The van der Waals surface area contributed by atoms with E-state index in [1.165, 1.54) is 22.5 Å². The van der Waals surface area contributed by atoms with Gasteiger partial charge >= 0.3 is 0 Å². The summed E-state index contributed by atoms with van der Waals surface area (Å²) in [5.41, 5.74) is 5.90. The molecule has 1 aromatic rings. The molecule has 2 rings (SSSR count). The Labute approximate surface area is 136 Å². The van der Waals surface area contributed by atoms with E-state index in [0.29, 0.717) is 31.1 Å². The highest BCUT2D eigenvalue weighted by molar-refractivity contribution is 7.89. The lowest BCUT2D eigenvalue weighted by atomic mass is 9.99. The summed E-state index contributed by atoms with van der Waals surface area (Å²) in [5, 5.41) is 10.7. The van der Waals surface area contributed by atoms with Crippen molar-refractivity contribution in [1.29, 1.82) is 0 Å². The Kier molecular flexibility index (Phi) is 6.30. The fourth-order valence-electron chi connectivity index (χ4n) is 2.56. The molecule has 1 saturated heterocycles. The molecule has 7 nitrogen and oxygen atoms in total. The second kappa shape index (κ2) is 7.36. The number of non-ortho nitro benzene ring substituents is 1. The Morgan fingerprint density at radius 3 is 2.41 bits per heavy atom. The Morgan fingerprint density at radius 2 is 1.95 bits per heavy atom. The van der Waals surface area contributed by atoms with E-state index >= 15 is 0 Å². The maximum Gasteiger partial charge on any atom is 0.269 e. The van der Waals surface area contributed by atoms with Crippen molar-refractivity contribution in [2.24, 2.45) is 11.7 Å². The molecule has 9 heteroatoms. The lowest BCUT2D eigenvalue weighted by Gasteiger charge is -2.30. The van der Waals surface area contributed by atoms with Crippen LogP contribution in [0.3, 0.4) is 0 Å². The van der Waals surface area contributed by atoms with Crippen LogP contribution in [0.2, 0.25) is 0 Å². The first-order valence-electron chi connectivity index (χ1n) is 6.81. The number of hydrogen-bond acceptors (Lipinski definition) is 5. The zero-order valence-electron chi connectivity index (χ0n) is 12.3. The normalized spacial score (nSPS) is 17.0. The lowest BCUT2D eigenvalue weighted by molar-refractivity contribution is -0.385. The van der Waals surface area contributed by atoms with Gasteiger partial charge in [0.1, 0.15) is 0 Å². The van der Waals surface area contributed by atoms with E-state index in [1.807, 2.05) is 0 Å². The molecule has 1 fully saturated rings. The Hall–Kier alpha value is -1.22. The van der Waals surface area contributed by atoms with Gasteiger partial charge in [0.2, 0.25) is 10.0 Å². The van der Waals surface area contributed by atoms with Crippen LogP contribution in [0, 0.1) is 23.0 Å². The molecule has 0 aliphatic carbocycles. The molecule has 0 radical (unpaired) electrons. The minimum absolute atomic E-state index is 0. The van der Waals surface area contributed by atoms with Crippen LogP contribution in [-0.4, -0.2) is 37.3 Å². The zero-order valence-corrected chi connectivity index (χ0v) is 13.9. The maximum atomic E-state index is 12.6. The number of halogens is 1. The summed E-state index contributed by atoms with van der Waals surface area (Å²) < 4.78 is 26.7. The molecule has 1 aromatic carbocycles. The molecule has 1 heterocycles. The smallest absolute Gasteiger partial charge is 0.269 e. The van der Waals surface area contributed by atoms with Gasteiger partial charge in [0.25, 0.3) is 5.69 Å². The second-order valence-corrected chi connectivity index (χ2v) is 7.20. The molecule has 0 unspecified atom stereocenters. The standard InChI is InChI=1S/C13H19N3O4S.ClH/c1-10-8-12(16(17)18)2-3-13(10)21(19,20)15-6-4-11(9-14)5-7-15;/h2-3,8,11H,4-7,9,14H2,1H3;1H. The molecule has 124 valence electrons. The fraction of sp³-hybridized carbons (Fsp3) is 0.538. The molecule has 0 saturated carbocycles. The van der Waals surface area contributed by atoms with Crippen LogP contribution in [0.15, 0.2) is 23.1 Å². The summed E-state index contributed by atoms with van der Waals surface area (Å²) in [7, 11) is -3.60. The SMILES string of the molecule is Cc1cc([N+](=O)[O-])ccc1S(=O)(=O)N1CCC(CN)CC1.Cl. The van der Waals surface area contributed by atoms with Gasteiger partial charge in [-0.15, -0.1) is 12.4 Å². The van der Waals surface area contributed by atoms with Crippen LogP contribution in [0.25, 0.3) is 0 Å². The quantitative estimate of drug-likeness (QED) is 0.657.